The second kappa shape index (κ2) is 8.35. The quantitative estimate of drug-likeness (QED) is 0.605. The summed E-state index contributed by atoms with van der Waals surface area (Å²) in [5.74, 6) is -0.104. The summed E-state index contributed by atoms with van der Waals surface area (Å²) in [6, 6.07) is 12.2. The van der Waals surface area contributed by atoms with Gasteiger partial charge in [0.15, 0.2) is 0 Å². The van der Waals surface area contributed by atoms with Gasteiger partial charge in [-0.3, -0.25) is 9.48 Å². The Bertz CT molecular complexity index is 1060. The summed E-state index contributed by atoms with van der Waals surface area (Å²) in [4.78, 5) is 13.5. The summed E-state index contributed by atoms with van der Waals surface area (Å²) in [5.41, 5.74) is 4.51. The van der Waals surface area contributed by atoms with E-state index in [0.717, 1.165) is 36.2 Å². The second-order valence-corrected chi connectivity index (χ2v) is 8.97. The molecule has 1 fully saturated rings. The summed E-state index contributed by atoms with van der Waals surface area (Å²) in [6.45, 7) is 6.26. The van der Waals surface area contributed by atoms with Gasteiger partial charge in [-0.25, -0.2) is 0 Å². The Morgan fingerprint density at radius 1 is 1.23 bits per heavy atom. The third-order valence-corrected chi connectivity index (χ3v) is 7.01. The lowest BCUT2D eigenvalue weighted by atomic mass is 9.63. The summed E-state index contributed by atoms with van der Waals surface area (Å²) in [5, 5.41) is 17.7. The Balaban J connectivity index is 1.64. The molecular weight excluding hydrogens is 388 g/mol. The maximum Gasteiger partial charge on any atom is 0.253 e. The monoisotopic (exact) mass is 420 g/mol. The first kappa shape index (κ1) is 21.4. The van der Waals surface area contributed by atoms with Gasteiger partial charge < -0.3 is 15.0 Å². The first-order chi connectivity index (χ1) is 14.9. The van der Waals surface area contributed by atoms with Gasteiger partial charge in [-0.2, -0.15) is 5.10 Å². The molecule has 0 radical (unpaired) electrons. The standard InChI is InChI=1S/C25H32N4O2/c1-17-13-22(19(3)29(17)18(2)20-9-6-5-7-10-20)24(31)27-23(21-14-26-28(4)15-21)25(16-30)11-8-12-25/h5-7,9-10,13-15,18,23,30H,8,11-12,16H2,1-4H3,(H,27,31). The van der Waals surface area contributed by atoms with Gasteiger partial charge in [0, 0.05) is 35.6 Å². The maximum atomic E-state index is 13.5. The van der Waals surface area contributed by atoms with Gasteiger partial charge in [0.1, 0.15) is 0 Å². The molecule has 3 aromatic rings. The van der Waals surface area contributed by atoms with E-state index in [4.69, 9.17) is 0 Å². The number of hydrogen-bond acceptors (Lipinski definition) is 3. The minimum atomic E-state index is -0.318. The number of aliphatic hydroxyl groups excluding tert-OH is 1. The summed E-state index contributed by atoms with van der Waals surface area (Å²) in [7, 11) is 1.87. The predicted octanol–water partition coefficient (Wildman–Crippen LogP) is 4.08. The Morgan fingerprint density at radius 3 is 2.48 bits per heavy atom. The molecule has 2 atom stereocenters. The van der Waals surface area contributed by atoms with Crippen LogP contribution >= 0.6 is 0 Å². The van der Waals surface area contributed by atoms with Gasteiger partial charge >= 0.3 is 0 Å². The van der Waals surface area contributed by atoms with Crippen molar-refractivity contribution in [3.8, 4) is 0 Å². The van der Waals surface area contributed by atoms with Crippen LogP contribution in [0.2, 0.25) is 0 Å². The lowest BCUT2D eigenvalue weighted by Gasteiger charge is -2.46. The smallest absolute Gasteiger partial charge is 0.253 e. The molecule has 31 heavy (non-hydrogen) atoms. The second-order valence-electron chi connectivity index (χ2n) is 8.97. The van der Waals surface area contributed by atoms with Crippen LogP contribution in [0.25, 0.3) is 0 Å². The molecule has 0 aliphatic heterocycles. The van der Waals surface area contributed by atoms with Crippen molar-refractivity contribution in [1.29, 1.82) is 0 Å². The number of hydrogen-bond donors (Lipinski definition) is 2. The third-order valence-electron chi connectivity index (χ3n) is 7.01. The van der Waals surface area contributed by atoms with E-state index in [-0.39, 0.29) is 30.0 Å². The molecule has 2 N–H and O–H groups in total. The van der Waals surface area contributed by atoms with E-state index in [9.17, 15) is 9.90 Å². The molecule has 2 aromatic heterocycles. The molecule has 1 amide bonds. The van der Waals surface area contributed by atoms with Crippen LogP contribution in [0.4, 0.5) is 0 Å². The highest BCUT2D eigenvalue weighted by Crippen LogP contribution is 2.50. The van der Waals surface area contributed by atoms with Crippen LogP contribution in [0.5, 0.6) is 0 Å². The number of benzene rings is 1. The normalized spacial score (nSPS) is 17.1. The van der Waals surface area contributed by atoms with E-state index in [1.807, 2.05) is 51.4 Å². The van der Waals surface area contributed by atoms with Gasteiger partial charge in [-0.05, 0) is 45.2 Å². The molecule has 1 aliphatic rings. The minimum Gasteiger partial charge on any atom is -0.396 e. The summed E-state index contributed by atoms with van der Waals surface area (Å²) in [6.07, 6.45) is 6.58. The van der Waals surface area contributed by atoms with Crippen molar-refractivity contribution in [3.63, 3.8) is 0 Å². The van der Waals surface area contributed by atoms with Crippen molar-refractivity contribution in [2.24, 2.45) is 12.5 Å². The number of carbonyl (C=O) groups excluding carboxylic acids is 1. The van der Waals surface area contributed by atoms with E-state index in [0.29, 0.717) is 5.56 Å². The highest BCUT2D eigenvalue weighted by atomic mass is 16.3. The number of aromatic nitrogens is 3. The van der Waals surface area contributed by atoms with E-state index in [1.165, 1.54) is 5.56 Å². The molecule has 1 saturated carbocycles. The molecule has 0 bridgehead atoms. The number of aliphatic hydroxyl groups is 1. The Morgan fingerprint density at radius 2 is 1.94 bits per heavy atom. The van der Waals surface area contributed by atoms with Gasteiger partial charge in [-0.15, -0.1) is 0 Å². The van der Waals surface area contributed by atoms with E-state index in [2.05, 4.69) is 34.0 Å². The number of nitrogens with one attached hydrogen (secondary N) is 1. The SMILES string of the molecule is Cc1cc(C(=O)NC(c2cnn(C)c2)C2(CO)CCC2)c(C)n1C(C)c1ccccc1. The van der Waals surface area contributed by atoms with E-state index < -0.39 is 0 Å². The average Bonchev–Trinajstić information content (AvgIpc) is 3.29. The molecule has 0 saturated heterocycles. The van der Waals surface area contributed by atoms with Crippen LogP contribution in [-0.4, -0.2) is 32.0 Å². The fourth-order valence-electron chi connectivity index (χ4n) is 5.04. The van der Waals surface area contributed by atoms with Crippen molar-refractivity contribution in [1.82, 2.24) is 19.7 Å². The van der Waals surface area contributed by atoms with Crippen molar-refractivity contribution < 1.29 is 9.90 Å². The van der Waals surface area contributed by atoms with Crippen LogP contribution in [0.3, 0.4) is 0 Å². The molecule has 1 aliphatic carbocycles. The highest BCUT2D eigenvalue weighted by Gasteiger charge is 2.45. The Labute approximate surface area is 183 Å². The molecule has 1 aromatic carbocycles. The summed E-state index contributed by atoms with van der Waals surface area (Å²) < 4.78 is 3.96. The fraction of sp³-hybridized carbons (Fsp3) is 0.440. The zero-order valence-corrected chi connectivity index (χ0v) is 18.8. The minimum absolute atomic E-state index is 0.0525. The predicted molar refractivity (Wildman–Crippen MR) is 121 cm³/mol. The number of carbonyl (C=O) groups is 1. The van der Waals surface area contributed by atoms with Gasteiger partial charge in [0.2, 0.25) is 0 Å². The topological polar surface area (TPSA) is 72.1 Å². The lowest BCUT2D eigenvalue weighted by molar-refractivity contribution is 0.00597. The van der Waals surface area contributed by atoms with Crippen LogP contribution in [0, 0.1) is 19.3 Å². The van der Waals surface area contributed by atoms with E-state index >= 15 is 0 Å². The van der Waals surface area contributed by atoms with Gasteiger partial charge in [0.25, 0.3) is 5.91 Å². The van der Waals surface area contributed by atoms with Crippen molar-refractivity contribution in [2.75, 3.05) is 6.61 Å². The van der Waals surface area contributed by atoms with Crippen molar-refractivity contribution in [2.45, 2.75) is 52.1 Å². The number of nitrogens with zero attached hydrogens (tertiary/aromatic N) is 3. The van der Waals surface area contributed by atoms with Crippen molar-refractivity contribution in [3.05, 3.63) is 76.9 Å². The first-order valence-corrected chi connectivity index (χ1v) is 11.0. The number of amides is 1. The maximum absolute atomic E-state index is 13.5. The Hall–Kier alpha value is -2.86. The number of rotatable bonds is 7. The summed E-state index contributed by atoms with van der Waals surface area (Å²) >= 11 is 0. The number of aryl methyl sites for hydroxylation is 2. The molecular formula is C25H32N4O2. The molecule has 6 heteroatoms. The first-order valence-electron chi connectivity index (χ1n) is 11.0. The molecule has 2 heterocycles. The van der Waals surface area contributed by atoms with E-state index in [1.54, 1.807) is 10.9 Å². The molecule has 164 valence electrons. The molecule has 6 nitrogen and oxygen atoms in total. The Kier molecular flexibility index (Phi) is 5.75. The molecule has 2 unspecified atom stereocenters. The fourth-order valence-corrected chi connectivity index (χ4v) is 5.04. The van der Waals surface area contributed by atoms with Crippen LogP contribution in [0.15, 0.2) is 48.8 Å². The van der Waals surface area contributed by atoms with Crippen LogP contribution in [-0.2, 0) is 7.05 Å². The average molecular weight is 421 g/mol. The van der Waals surface area contributed by atoms with Crippen LogP contribution < -0.4 is 5.32 Å². The zero-order valence-electron chi connectivity index (χ0n) is 18.8. The zero-order chi connectivity index (χ0) is 22.2. The lowest BCUT2D eigenvalue weighted by Crippen LogP contribution is -2.47. The molecule has 0 spiro atoms. The highest BCUT2D eigenvalue weighted by molar-refractivity contribution is 5.96. The van der Waals surface area contributed by atoms with Gasteiger partial charge in [-0.1, -0.05) is 36.8 Å². The van der Waals surface area contributed by atoms with Gasteiger partial charge in [0.05, 0.1) is 30.5 Å². The van der Waals surface area contributed by atoms with Crippen LogP contribution in [0.1, 0.15) is 71.1 Å². The van der Waals surface area contributed by atoms with Crippen molar-refractivity contribution >= 4 is 5.91 Å². The third kappa shape index (κ3) is 3.81. The molecule has 4 rings (SSSR count). The largest absolute Gasteiger partial charge is 0.396 e.